The summed E-state index contributed by atoms with van der Waals surface area (Å²) in [5.74, 6) is 0.595. The molecule has 2 N–H and O–H groups in total. The van der Waals surface area contributed by atoms with Crippen molar-refractivity contribution in [2.75, 3.05) is 6.54 Å². The highest BCUT2D eigenvalue weighted by Gasteiger charge is 2.33. The van der Waals surface area contributed by atoms with Gasteiger partial charge in [0.05, 0.1) is 0 Å². The van der Waals surface area contributed by atoms with Crippen molar-refractivity contribution in [3.8, 4) is 0 Å². The first kappa shape index (κ1) is 14.8. The Labute approximate surface area is 111 Å². The number of nitrogens with two attached hydrogens (primary N) is 1. The van der Waals surface area contributed by atoms with Gasteiger partial charge in [0.1, 0.15) is 0 Å². The van der Waals surface area contributed by atoms with E-state index >= 15 is 0 Å². The Morgan fingerprint density at radius 1 is 1.18 bits per heavy atom. The number of hydrogen-bond acceptors (Lipinski definition) is 2. The van der Waals surface area contributed by atoms with Crippen LogP contribution in [0.4, 0.5) is 0 Å². The van der Waals surface area contributed by atoms with Crippen LogP contribution >= 0.6 is 12.4 Å². The third-order valence-corrected chi connectivity index (χ3v) is 4.16. The molecule has 100 valence electrons. The first-order valence-corrected chi connectivity index (χ1v) is 6.74. The Morgan fingerprint density at radius 2 is 1.94 bits per heavy atom. The van der Waals surface area contributed by atoms with Crippen LogP contribution in [0.2, 0.25) is 0 Å². The maximum atomic E-state index is 12.4. The Kier molecular flexibility index (Phi) is 5.74. The van der Waals surface area contributed by atoms with E-state index in [0.29, 0.717) is 11.9 Å². The van der Waals surface area contributed by atoms with Gasteiger partial charge in [-0.1, -0.05) is 12.8 Å². The summed E-state index contributed by atoms with van der Waals surface area (Å²) >= 11 is 0. The largest absolute Gasteiger partial charge is 0.340 e. The SMILES string of the molecule is CC1CCCCCN1C(=O)C1CCC(N)C1.Cl. The fourth-order valence-electron chi connectivity index (χ4n) is 3.08. The minimum absolute atomic E-state index is 0. The lowest BCUT2D eigenvalue weighted by atomic mass is 10.0. The maximum Gasteiger partial charge on any atom is 0.225 e. The molecule has 3 unspecified atom stereocenters. The molecule has 0 spiro atoms. The van der Waals surface area contributed by atoms with Gasteiger partial charge in [-0.3, -0.25) is 4.79 Å². The van der Waals surface area contributed by atoms with Crippen molar-refractivity contribution < 1.29 is 4.79 Å². The molecular weight excluding hydrogens is 236 g/mol. The Hall–Kier alpha value is -0.280. The number of nitrogens with zero attached hydrogens (tertiary/aromatic N) is 1. The minimum Gasteiger partial charge on any atom is -0.340 e. The molecule has 3 nitrogen and oxygen atoms in total. The molecule has 3 atom stereocenters. The number of carbonyl (C=O) groups excluding carboxylic acids is 1. The zero-order valence-corrected chi connectivity index (χ0v) is 11.5. The molecule has 0 bridgehead atoms. The highest BCUT2D eigenvalue weighted by atomic mass is 35.5. The van der Waals surface area contributed by atoms with E-state index in [-0.39, 0.29) is 24.4 Å². The van der Waals surface area contributed by atoms with Crippen molar-refractivity contribution >= 4 is 18.3 Å². The van der Waals surface area contributed by atoms with E-state index in [1.165, 1.54) is 25.7 Å². The Balaban J connectivity index is 0.00000144. The van der Waals surface area contributed by atoms with E-state index in [0.717, 1.165) is 25.8 Å². The molecule has 2 rings (SSSR count). The van der Waals surface area contributed by atoms with Crippen LogP contribution in [-0.2, 0) is 4.79 Å². The van der Waals surface area contributed by atoms with Gasteiger partial charge >= 0.3 is 0 Å². The molecule has 1 aliphatic carbocycles. The van der Waals surface area contributed by atoms with Crippen molar-refractivity contribution in [1.82, 2.24) is 4.90 Å². The summed E-state index contributed by atoms with van der Waals surface area (Å²) in [5.41, 5.74) is 5.89. The molecule has 2 aliphatic rings. The zero-order valence-electron chi connectivity index (χ0n) is 10.7. The third kappa shape index (κ3) is 3.59. The molecule has 1 saturated heterocycles. The number of amides is 1. The van der Waals surface area contributed by atoms with Gasteiger partial charge in [0, 0.05) is 24.5 Å². The van der Waals surface area contributed by atoms with E-state index < -0.39 is 0 Å². The van der Waals surface area contributed by atoms with Crippen LogP contribution in [0.1, 0.15) is 51.9 Å². The predicted octanol–water partition coefficient (Wildman–Crippen LogP) is 2.33. The smallest absolute Gasteiger partial charge is 0.225 e. The molecule has 1 heterocycles. The van der Waals surface area contributed by atoms with Crippen molar-refractivity contribution in [2.24, 2.45) is 11.7 Å². The number of carbonyl (C=O) groups is 1. The van der Waals surface area contributed by atoms with E-state index in [2.05, 4.69) is 11.8 Å². The summed E-state index contributed by atoms with van der Waals surface area (Å²) in [4.78, 5) is 14.5. The second kappa shape index (κ2) is 6.60. The topological polar surface area (TPSA) is 46.3 Å². The quantitative estimate of drug-likeness (QED) is 0.787. The van der Waals surface area contributed by atoms with Gasteiger partial charge in [0.25, 0.3) is 0 Å². The van der Waals surface area contributed by atoms with E-state index in [1.54, 1.807) is 0 Å². The number of hydrogen-bond donors (Lipinski definition) is 1. The summed E-state index contributed by atoms with van der Waals surface area (Å²) in [6, 6.07) is 0.697. The lowest BCUT2D eigenvalue weighted by Gasteiger charge is -2.29. The summed E-state index contributed by atoms with van der Waals surface area (Å²) < 4.78 is 0. The van der Waals surface area contributed by atoms with E-state index in [4.69, 9.17) is 5.73 Å². The first-order valence-electron chi connectivity index (χ1n) is 6.74. The van der Waals surface area contributed by atoms with Gasteiger partial charge in [0.2, 0.25) is 5.91 Å². The zero-order chi connectivity index (χ0) is 11.5. The lowest BCUT2D eigenvalue weighted by molar-refractivity contribution is -0.137. The van der Waals surface area contributed by atoms with Crippen molar-refractivity contribution in [2.45, 2.75) is 64.0 Å². The molecule has 0 radical (unpaired) electrons. The highest BCUT2D eigenvalue weighted by Crippen LogP contribution is 2.28. The van der Waals surface area contributed by atoms with E-state index in [1.807, 2.05) is 0 Å². The number of rotatable bonds is 1. The van der Waals surface area contributed by atoms with Gasteiger partial charge in [-0.05, 0) is 39.0 Å². The molecular formula is C13H25ClN2O. The van der Waals surface area contributed by atoms with Gasteiger partial charge < -0.3 is 10.6 Å². The second-order valence-electron chi connectivity index (χ2n) is 5.50. The molecule has 4 heteroatoms. The van der Waals surface area contributed by atoms with Crippen LogP contribution in [0.5, 0.6) is 0 Å². The lowest BCUT2D eigenvalue weighted by Crippen LogP contribution is -2.41. The standard InChI is InChI=1S/C13H24N2O.ClH/c1-10-5-3-2-4-8-15(10)13(16)11-6-7-12(14)9-11;/h10-12H,2-9,14H2,1H3;1H. The highest BCUT2D eigenvalue weighted by molar-refractivity contribution is 5.85. The van der Waals surface area contributed by atoms with Gasteiger partial charge in [-0.15, -0.1) is 12.4 Å². The summed E-state index contributed by atoms with van der Waals surface area (Å²) in [5, 5.41) is 0. The molecule has 2 fully saturated rings. The van der Waals surface area contributed by atoms with Crippen LogP contribution in [0.3, 0.4) is 0 Å². The first-order chi connectivity index (χ1) is 7.68. The minimum atomic E-state index is 0. The second-order valence-corrected chi connectivity index (χ2v) is 5.50. The molecule has 0 aromatic rings. The summed E-state index contributed by atoms with van der Waals surface area (Å²) in [7, 11) is 0. The van der Waals surface area contributed by atoms with Crippen LogP contribution in [0.15, 0.2) is 0 Å². The molecule has 1 amide bonds. The fraction of sp³-hybridized carbons (Fsp3) is 0.923. The monoisotopic (exact) mass is 260 g/mol. The molecule has 1 aliphatic heterocycles. The molecule has 0 aromatic carbocycles. The number of halogens is 1. The third-order valence-electron chi connectivity index (χ3n) is 4.16. The van der Waals surface area contributed by atoms with Crippen LogP contribution in [0, 0.1) is 5.92 Å². The molecule has 1 saturated carbocycles. The van der Waals surface area contributed by atoms with Gasteiger partial charge in [-0.25, -0.2) is 0 Å². The van der Waals surface area contributed by atoms with Crippen LogP contribution < -0.4 is 5.73 Å². The normalized spacial score (nSPS) is 34.0. The Bertz CT molecular complexity index is 260. The predicted molar refractivity (Wildman–Crippen MR) is 72.2 cm³/mol. The average Bonchev–Trinajstić information content (AvgIpc) is 2.57. The fourth-order valence-corrected chi connectivity index (χ4v) is 3.08. The summed E-state index contributed by atoms with van der Waals surface area (Å²) in [6.45, 7) is 3.16. The van der Waals surface area contributed by atoms with Crippen LogP contribution in [-0.4, -0.2) is 29.4 Å². The molecule has 0 aromatic heterocycles. The van der Waals surface area contributed by atoms with Gasteiger partial charge in [-0.2, -0.15) is 0 Å². The van der Waals surface area contributed by atoms with Gasteiger partial charge in [0.15, 0.2) is 0 Å². The van der Waals surface area contributed by atoms with Crippen LogP contribution in [0.25, 0.3) is 0 Å². The van der Waals surface area contributed by atoms with Crippen molar-refractivity contribution in [1.29, 1.82) is 0 Å². The Morgan fingerprint density at radius 3 is 2.59 bits per heavy atom. The van der Waals surface area contributed by atoms with E-state index in [9.17, 15) is 4.79 Å². The maximum absolute atomic E-state index is 12.4. The average molecular weight is 261 g/mol. The van der Waals surface area contributed by atoms with Crippen molar-refractivity contribution in [3.05, 3.63) is 0 Å². The van der Waals surface area contributed by atoms with Crippen molar-refractivity contribution in [3.63, 3.8) is 0 Å². The molecule has 17 heavy (non-hydrogen) atoms. The number of likely N-dealkylation sites (tertiary alicyclic amines) is 1. The summed E-state index contributed by atoms with van der Waals surface area (Å²) in [6.07, 6.45) is 7.83.